The van der Waals surface area contributed by atoms with E-state index in [2.05, 4.69) is 0 Å². The van der Waals surface area contributed by atoms with E-state index in [1.807, 2.05) is 24.3 Å². The largest absolute Gasteiger partial charge is 0.508 e. The molecule has 7 nitrogen and oxygen atoms in total. The molecule has 0 saturated carbocycles. The molecule has 0 aliphatic carbocycles. The van der Waals surface area contributed by atoms with Crippen molar-refractivity contribution in [3.05, 3.63) is 82.9 Å². The smallest absolute Gasteiger partial charge is 0.340 e. The van der Waals surface area contributed by atoms with Gasteiger partial charge in [0.2, 0.25) is 0 Å². The van der Waals surface area contributed by atoms with Gasteiger partial charge in [0.15, 0.2) is 11.3 Å². The molecule has 0 amide bonds. The fraction of sp³-hybridized carbons (Fsp3) is 0.208. The number of quaternary nitrogens is 1. The molecule has 1 saturated heterocycles. The van der Waals surface area contributed by atoms with Crippen LogP contribution >= 0.6 is 0 Å². The predicted molar refractivity (Wildman–Crippen MR) is 110 cm³/mol. The first-order valence-corrected chi connectivity index (χ1v) is 10.2. The topological polar surface area (TPSA) is 85.2 Å². The highest BCUT2D eigenvalue weighted by atomic mass is 16.6. The van der Waals surface area contributed by atoms with Crippen LogP contribution in [0.2, 0.25) is 0 Å². The van der Waals surface area contributed by atoms with Crippen molar-refractivity contribution >= 4 is 11.7 Å². The molecule has 3 heterocycles. The Kier molecular flexibility index (Phi) is 3.74. The van der Waals surface area contributed by atoms with E-state index in [1.54, 1.807) is 30.3 Å². The predicted octanol–water partition coefficient (Wildman–Crippen LogP) is 3.69. The van der Waals surface area contributed by atoms with Gasteiger partial charge in [-0.25, -0.2) is 10.0 Å². The average molecular weight is 418 g/mol. The number of benzene rings is 3. The zero-order chi connectivity index (χ0) is 21.2. The van der Waals surface area contributed by atoms with Gasteiger partial charge in [-0.2, -0.15) is 0 Å². The number of phenols is 1. The lowest BCUT2D eigenvalue weighted by Gasteiger charge is -2.38. The molecule has 3 aromatic rings. The van der Waals surface area contributed by atoms with Gasteiger partial charge in [-0.15, -0.1) is 4.65 Å². The second-order valence-corrected chi connectivity index (χ2v) is 8.06. The van der Waals surface area contributed by atoms with Crippen LogP contribution in [-0.4, -0.2) is 42.6 Å². The van der Waals surface area contributed by atoms with E-state index in [-0.39, 0.29) is 10.4 Å². The Bertz CT molecular complexity index is 1230. The van der Waals surface area contributed by atoms with Gasteiger partial charge in [-0.3, -0.25) is 0 Å². The van der Waals surface area contributed by atoms with Crippen LogP contribution in [0.5, 0.6) is 17.2 Å². The van der Waals surface area contributed by atoms with Gasteiger partial charge < -0.3 is 19.3 Å². The number of morpholine rings is 1. The van der Waals surface area contributed by atoms with E-state index < -0.39 is 11.6 Å². The number of carbonyl (C=O) groups excluding carboxylic acids is 1. The summed E-state index contributed by atoms with van der Waals surface area (Å²) < 4.78 is 17.4. The minimum Gasteiger partial charge on any atom is -0.508 e. The molecule has 0 radical (unpaired) electrons. The van der Waals surface area contributed by atoms with Crippen molar-refractivity contribution in [2.45, 2.75) is 5.60 Å². The van der Waals surface area contributed by atoms with E-state index in [1.165, 1.54) is 6.07 Å². The number of hydrogen-bond acceptors (Lipinski definition) is 6. The molecule has 7 heteroatoms. The molecule has 3 aliphatic heterocycles. The normalized spacial score (nSPS) is 22.8. The van der Waals surface area contributed by atoms with Crippen molar-refractivity contribution in [2.75, 3.05) is 26.3 Å². The van der Waals surface area contributed by atoms with Crippen LogP contribution in [-0.2, 0) is 15.1 Å². The molecule has 2 N–H and O–H groups in total. The summed E-state index contributed by atoms with van der Waals surface area (Å²) >= 11 is 0. The summed E-state index contributed by atoms with van der Waals surface area (Å²) in [5.41, 5.74) is 2.02. The molecular weight excluding hydrogens is 398 g/mol. The quantitative estimate of drug-likeness (QED) is 0.463. The number of fused-ring (bicyclic) bond motifs is 6. The molecule has 3 aromatic carbocycles. The summed E-state index contributed by atoms with van der Waals surface area (Å²) in [6.07, 6.45) is 0. The first kappa shape index (κ1) is 18.4. The number of nitrogens with zero attached hydrogens (tertiary/aromatic N) is 1. The Labute approximate surface area is 178 Å². The fourth-order valence-electron chi connectivity index (χ4n) is 4.82. The van der Waals surface area contributed by atoms with Gasteiger partial charge in [-0.1, -0.05) is 18.2 Å². The Balaban J connectivity index is 1.60. The number of rotatable bonds is 1. The van der Waals surface area contributed by atoms with Crippen LogP contribution in [0.4, 0.5) is 5.69 Å². The SMILES string of the molecule is O=C1OC2(c3ccc(O)cc3Oc3cc([N+]4(O)CCOCC4)ccc32)c2ccccc21. The van der Waals surface area contributed by atoms with Gasteiger partial charge >= 0.3 is 5.97 Å². The van der Waals surface area contributed by atoms with Crippen LogP contribution in [0.3, 0.4) is 0 Å². The van der Waals surface area contributed by atoms with Crippen LogP contribution < -0.4 is 9.38 Å². The van der Waals surface area contributed by atoms with Crippen LogP contribution in [0.15, 0.2) is 60.7 Å². The zero-order valence-electron chi connectivity index (χ0n) is 16.6. The van der Waals surface area contributed by atoms with Crippen molar-refractivity contribution in [3.8, 4) is 17.2 Å². The lowest BCUT2D eigenvalue weighted by Crippen LogP contribution is -2.53. The molecule has 1 unspecified atom stereocenters. The Morgan fingerprint density at radius 1 is 0.871 bits per heavy atom. The lowest BCUT2D eigenvalue weighted by molar-refractivity contribution is -0.133. The first-order chi connectivity index (χ1) is 15.0. The van der Waals surface area contributed by atoms with Gasteiger partial charge in [0.05, 0.1) is 18.8 Å². The summed E-state index contributed by atoms with van der Waals surface area (Å²) in [6, 6.07) is 17.6. The number of ether oxygens (including phenoxy) is 3. The molecular formula is C24H20NO6+. The molecule has 1 fully saturated rings. The number of esters is 1. The fourth-order valence-corrected chi connectivity index (χ4v) is 4.82. The van der Waals surface area contributed by atoms with E-state index in [4.69, 9.17) is 14.2 Å². The minimum atomic E-state index is -1.19. The van der Waals surface area contributed by atoms with Crippen LogP contribution in [0.1, 0.15) is 27.0 Å². The van der Waals surface area contributed by atoms with Crippen molar-refractivity contribution in [2.24, 2.45) is 0 Å². The summed E-state index contributed by atoms with van der Waals surface area (Å²) in [6.45, 7) is 1.78. The molecule has 1 atom stereocenters. The third-order valence-corrected chi connectivity index (χ3v) is 6.37. The number of phenolic OH excluding ortho intramolecular Hbond substituents is 1. The average Bonchev–Trinajstić information content (AvgIpc) is 3.07. The number of hydroxylamine groups is 2. The highest BCUT2D eigenvalue weighted by Gasteiger charge is 2.54. The van der Waals surface area contributed by atoms with E-state index in [0.717, 1.165) is 5.56 Å². The van der Waals surface area contributed by atoms with Crippen LogP contribution in [0.25, 0.3) is 0 Å². The Morgan fingerprint density at radius 2 is 1.58 bits per heavy atom. The molecule has 1 spiro atoms. The van der Waals surface area contributed by atoms with Crippen molar-refractivity contribution in [1.29, 1.82) is 0 Å². The maximum atomic E-state index is 12.8. The maximum absolute atomic E-state index is 12.8. The third kappa shape index (κ3) is 2.48. The monoisotopic (exact) mass is 418 g/mol. The lowest BCUT2D eigenvalue weighted by atomic mass is 9.77. The summed E-state index contributed by atoms with van der Waals surface area (Å²) in [5, 5.41) is 21.2. The molecule has 3 aliphatic rings. The Hall–Kier alpha value is -3.39. The summed E-state index contributed by atoms with van der Waals surface area (Å²) in [7, 11) is 0. The van der Waals surface area contributed by atoms with Gasteiger partial charge in [0.25, 0.3) is 0 Å². The highest BCUT2D eigenvalue weighted by Crippen LogP contribution is 2.57. The molecule has 156 valence electrons. The highest BCUT2D eigenvalue weighted by molar-refractivity contribution is 5.97. The second-order valence-electron chi connectivity index (χ2n) is 8.06. The standard InChI is InChI=1S/C24H19NO6/c26-16-6-8-20-22(14-16)30-21-13-15(25(28)9-11-29-12-10-25)5-7-19(21)24(20)18-4-2-1-3-17(18)23(27)31-24/h1-8,13-14,28H,9-12H2/p+1. The van der Waals surface area contributed by atoms with Crippen molar-refractivity contribution < 1.29 is 29.3 Å². The zero-order valence-corrected chi connectivity index (χ0v) is 16.6. The van der Waals surface area contributed by atoms with E-state index in [9.17, 15) is 15.1 Å². The van der Waals surface area contributed by atoms with Gasteiger partial charge in [0, 0.05) is 34.9 Å². The molecule has 0 aromatic heterocycles. The molecule has 31 heavy (non-hydrogen) atoms. The minimum absolute atomic E-state index is 0.0463. The van der Waals surface area contributed by atoms with E-state index in [0.29, 0.717) is 60.2 Å². The number of carbonyl (C=O) groups is 1. The summed E-state index contributed by atoms with van der Waals surface area (Å²) in [4.78, 5) is 12.8. The second kappa shape index (κ2) is 6.31. The molecule has 6 rings (SSSR count). The van der Waals surface area contributed by atoms with Crippen molar-refractivity contribution in [3.63, 3.8) is 0 Å². The Morgan fingerprint density at radius 3 is 2.39 bits per heavy atom. The molecule has 0 bridgehead atoms. The third-order valence-electron chi connectivity index (χ3n) is 6.37. The van der Waals surface area contributed by atoms with Gasteiger partial charge in [-0.05, 0) is 24.3 Å². The number of hydrogen-bond donors (Lipinski definition) is 2. The van der Waals surface area contributed by atoms with Crippen LogP contribution in [0, 0.1) is 0 Å². The van der Waals surface area contributed by atoms with Gasteiger partial charge in [0.1, 0.15) is 30.3 Å². The number of aromatic hydroxyl groups is 1. The summed E-state index contributed by atoms with van der Waals surface area (Å²) in [5.74, 6) is 0.508. The maximum Gasteiger partial charge on any atom is 0.340 e. The van der Waals surface area contributed by atoms with Crippen molar-refractivity contribution in [1.82, 2.24) is 4.65 Å². The first-order valence-electron chi connectivity index (χ1n) is 10.2. The van der Waals surface area contributed by atoms with E-state index >= 15 is 0 Å².